The van der Waals surface area contributed by atoms with Gasteiger partial charge in [0.1, 0.15) is 0 Å². The monoisotopic (exact) mass is 1400 g/mol. The Hall–Kier alpha value is -8.17. The van der Waals surface area contributed by atoms with E-state index in [1.807, 2.05) is 0 Å². The maximum Gasteiger partial charge on any atom is 1.00 e. The standard InChI is InChI=1S/C58H60.C36H24N2.CH4BP.BH.Rb/c1-55(2,3)41-27-23-39(24-28-41)49-45-33-31-43(57(7,8)9)35-47(45)52(38-21-17-14-18-22-38)54-50(40-25-29-42(30-26-40)56(4,5)6)46-34-32-44(58(10,11)12)36-48(46)51(53(49)54)37-19-15-13-16-20-37;1-5-13-33-29(9-1)30-10-2-6-14-34(30)37(33)27-21-17-25(18-22-27)26-19-23-28(24-20-26)38-35-15-7-3-11-31(35)32-12-4-8-16-36(32)38;2-1-3;;/h13-36H,1-12H3;1-24H;1,3H2;1H;/q;;;-1;+1/i;;;1T;. The van der Waals surface area contributed by atoms with Gasteiger partial charge in [-0.3, -0.25) is 0 Å². The molecule has 16 rings (SSSR count). The van der Waals surface area contributed by atoms with Crippen LogP contribution in [0.2, 0.25) is 0 Å². The molecule has 1 unspecified atom stereocenters. The average Bonchev–Trinajstić information content (AvgIpc) is 0.895. The third kappa shape index (κ3) is 14.0. The predicted molar refractivity (Wildman–Crippen MR) is 444 cm³/mol. The van der Waals surface area contributed by atoms with Crippen LogP contribution in [-0.4, -0.2) is 32.8 Å². The van der Waals surface area contributed by atoms with Gasteiger partial charge in [-0.15, -0.1) is 9.24 Å². The molecule has 14 aromatic carbocycles. The summed E-state index contributed by atoms with van der Waals surface area (Å²) in [7, 11) is 10.9. The van der Waals surface area contributed by atoms with Gasteiger partial charge in [0.15, 0.2) is 0 Å². The Balaban J connectivity index is 0.000000192. The third-order valence-electron chi connectivity index (χ3n) is 20.0. The van der Waals surface area contributed by atoms with E-state index < -0.39 is 0 Å². The summed E-state index contributed by atoms with van der Waals surface area (Å²) in [6.45, 7) is 27.8. The normalized spacial score (nSPS) is 12.0. The zero-order valence-electron chi connectivity index (χ0n) is 62.0. The number of para-hydroxylation sites is 4. The van der Waals surface area contributed by atoms with Crippen molar-refractivity contribution in [3.8, 4) is 67.0 Å². The average molecular weight is 1400 g/mol. The summed E-state index contributed by atoms with van der Waals surface area (Å²) < 4.78 is 9.97. The van der Waals surface area contributed by atoms with Gasteiger partial charge in [-0.05, 0) is 193 Å². The van der Waals surface area contributed by atoms with Crippen LogP contribution >= 0.6 is 9.24 Å². The third-order valence-corrected chi connectivity index (χ3v) is 20.0. The molecule has 0 N–H and O–H groups in total. The first-order chi connectivity index (χ1) is 48.6. The number of rotatable bonds is 7. The van der Waals surface area contributed by atoms with E-state index in [0.29, 0.717) is 6.06 Å². The Morgan fingerprint density at radius 2 is 0.505 bits per heavy atom. The Bertz CT molecular complexity index is 5190. The molecule has 0 saturated heterocycles. The Labute approximate surface area is 654 Å². The summed E-state index contributed by atoms with van der Waals surface area (Å²) in [4.78, 5) is 0. The largest absolute Gasteiger partial charge is 1.00 e. The molecule has 16 aromatic rings. The van der Waals surface area contributed by atoms with Gasteiger partial charge in [-0.1, -0.05) is 320 Å². The molecule has 2 nitrogen and oxygen atoms in total. The molecule has 101 heavy (non-hydrogen) atoms. The van der Waals surface area contributed by atoms with Crippen LogP contribution in [-0.2, 0) is 21.7 Å². The summed E-state index contributed by atoms with van der Waals surface area (Å²) in [6, 6.07) is 109. The molecule has 0 spiro atoms. The van der Waals surface area contributed by atoms with Crippen molar-refractivity contribution in [1.82, 2.24) is 9.13 Å². The number of fused-ring (bicyclic) bond motifs is 9. The van der Waals surface area contributed by atoms with Crippen molar-refractivity contribution in [2.45, 2.75) is 105 Å². The fraction of sp³-hybridized carbons (Fsp3) is 0.179. The Kier molecular flexibility index (Phi) is 20.7. The van der Waals surface area contributed by atoms with E-state index in [4.69, 9.17) is 9.18 Å². The zero-order chi connectivity index (χ0) is 71.1. The fourth-order valence-electron chi connectivity index (χ4n) is 14.8. The van der Waals surface area contributed by atoms with E-state index in [1.54, 1.807) is 0 Å². The fourth-order valence-corrected chi connectivity index (χ4v) is 14.8. The zero-order valence-corrected chi connectivity index (χ0v) is 67.1. The van der Waals surface area contributed by atoms with Gasteiger partial charge in [0.25, 0.3) is 0 Å². The molecule has 6 heteroatoms. The molecule has 0 aliphatic carbocycles. The molecule has 0 aliphatic rings. The van der Waals surface area contributed by atoms with Crippen molar-refractivity contribution in [3.63, 3.8) is 0 Å². The van der Waals surface area contributed by atoms with Gasteiger partial charge in [0.05, 0.1) is 29.9 Å². The SMILES string of the molecule is CC(C)(C)c1ccc(-c2c3ccc(C(C)(C)C)cc3c(-c3ccccc3)c3c(-c4ccc(C(C)(C)C)cc4)c4ccc(C(C)(C)C)cc4c(-c4ccccc4)c23)cc1.[3H][B-].[B]CP.[Rb+].c1ccc2c(c1)c1ccccc1n2-c1ccc(-c2ccc(-n3c4ccccc4c4ccccc43)cc2)cc1. The van der Waals surface area contributed by atoms with E-state index in [2.05, 4.69) is 401 Å². The smallest absolute Gasteiger partial charge is 0.652 e. The molecular weight excluding hydrogens is 1310 g/mol. The van der Waals surface area contributed by atoms with Crippen molar-refractivity contribution in [2.75, 3.05) is 6.06 Å². The first-order valence-electron chi connectivity index (χ1n) is 35.6. The Morgan fingerprint density at radius 3 is 0.782 bits per heavy atom. The molecule has 1 atom stereocenters. The second-order valence-corrected chi connectivity index (χ2v) is 31.2. The summed E-state index contributed by atoms with van der Waals surface area (Å²) in [5.41, 5.74) is 25.2. The van der Waals surface area contributed by atoms with Gasteiger partial charge in [-0.25, -0.2) is 0 Å². The van der Waals surface area contributed by atoms with Crippen LogP contribution in [0, 0.1) is 0 Å². The minimum absolute atomic E-state index is 0. The van der Waals surface area contributed by atoms with Gasteiger partial charge in [0, 0.05) is 32.9 Å². The summed E-state index contributed by atoms with van der Waals surface area (Å²) in [5, 5.41) is 12.9. The molecule has 5 radical (unpaired) electrons. The molecule has 0 fully saturated rings. The van der Waals surface area contributed by atoms with Crippen molar-refractivity contribution in [2.24, 2.45) is 0 Å². The van der Waals surface area contributed by atoms with Crippen molar-refractivity contribution in [1.29, 1.82) is 1.34 Å². The molecule has 2 heterocycles. The van der Waals surface area contributed by atoms with Crippen LogP contribution < -0.4 is 58.2 Å². The first-order valence-corrected chi connectivity index (χ1v) is 35.9. The van der Waals surface area contributed by atoms with Crippen LogP contribution in [0.3, 0.4) is 0 Å². The van der Waals surface area contributed by atoms with Crippen LogP contribution in [0.15, 0.2) is 291 Å². The first kappa shape index (κ1) is 71.2. The van der Waals surface area contributed by atoms with E-state index in [1.165, 1.54) is 165 Å². The number of aromatic nitrogens is 2. The number of hydrogen-bond donors (Lipinski definition) is 0. The van der Waals surface area contributed by atoms with Crippen molar-refractivity contribution < 1.29 is 58.2 Å². The van der Waals surface area contributed by atoms with Crippen molar-refractivity contribution >= 4 is 101 Å². The summed E-state index contributed by atoms with van der Waals surface area (Å²) in [6.07, 6.45) is 0. The van der Waals surface area contributed by atoms with E-state index in [9.17, 15) is 0 Å². The maximum absolute atomic E-state index is 5.25. The minimum Gasteiger partial charge on any atom is -0.652 e. The number of benzene rings is 14. The van der Waals surface area contributed by atoms with E-state index in [-0.39, 0.29) is 79.8 Å². The molecule has 0 saturated carbocycles. The van der Waals surface area contributed by atoms with E-state index in [0.717, 1.165) is 0 Å². The van der Waals surface area contributed by atoms with Gasteiger partial charge < -0.3 is 18.8 Å². The summed E-state index contributed by atoms with van der Waals surface area (Å²) >= 11 is 0. The van der Waals surface area contributed by atoms with Gasteiger partial charge in [0.2, 0.25) is 0 Å². The molecule has 0 bridgehead atoms. The van der Waals surface area contributed by atoms with Crippen LogP contribution in [0.5, 0.6) is 0 Å². The Morgan fingerprint density at radius 1 is 0.277 bits per heavy atom. The van der Waals surface area contributed by atoms with Crippen LogP contribution in [0.4, 0.5) is 0 Å². The van der Waals surface area contributed by atoms with Gasteiger partial charge >= 0.3 is 58.2 Å². The van der Waals surface area contributed by atoms with Crippen molar-refractivity contribution in [3.05, 3.63) is 313 Å². The predicted octanol–water partition coefficient (Wildman–Crippen LogP) is 22.9. The molecular formula is C95H89B2N2PRb. The number of nitrogens with zero attached hydrogens (tertiary/aromatic N) is 2. The minimum atomic E-state index is -0.0286. The molecule has 0 aliphatic heterocycles. The van der Waals surface area contributed by atoms with Gasteiger partial charge in [-0.2, -0.15) is 0 Å². The summed E-state index contributed by atoms with van der Waals surface area (Å²) in [5.74, 6) is 0. The topological polar surface area (TPSA) is 9.86 Å². The van der Waals surface area contributed by atoms with Crippen LogP contribution in [0.1, 0.15) is 105 Å². The quantitative estimate of drug-likeness (QED) is 0.0855. The molecule has 2 aromatic heterocycles. The second-order valence-electron chi connectivity index (χ2n) is 30.7. The molecule has 491 valence electrons. The molecule has 0 amide bonds. The number of hydrogen-bond acceptors (Lipinski definition) is 0. The second kappa shape index (κ2) is 29.3. The van der Waals surface area contributed by atoms with E-state index >= 15 is 0 Å². The van der Waals surface area contributed by atoms with Crippen LogP contribution in [0.25, 0.3) is 143 Å². The maximum atomic E-state index is 5.25.